The van der Waals surface area contributed by atoms with Gasteiger partial charge in [-0.1, -0.05) is 12.1 Å². The molecule has 5 nitrogen and oxygen atoms in total. The lowest BCUT2D eigenvalue weighted by Gasteiger charge is -2.44. The summed E-state index contributed by atoms with van der Waals surface area (Å²) in [6, 6.07) is 16.8. The highest BCUT2D eigenvalue weighted by molar-refractivity contribution is 6.11. The van der Waals surface area contributed by atoms with Crippen LogP contribution >= 0.6 is 0 Å². The van der Waals surface area contributed by atoms with Gasteiger partial charge in [0.2, 0.25) is 5.91 Å². The minimum atomic E-state index is -0.608. The highest BCUT2D eigenvalue weighted by Gasteiger charge is 2.47. The van der Waals surface area contributed by atoms with Gasteiger partial charge in [-0.3, -0.25) is 14.2 Å². The molecule has 3 heterocycles. The van der Waals surface area contributed by atoms with Crippen molar-refractivity contribution in [2.24, 2.45) is 0 Å². The van der Waals surface area contributed by atoms with Crippen molar-refractivity contribution in [3.63, 3.8) is 0 Å². The van der Waals surface area contributed by atoms with Gasteiger partial charge < -0.3 is 4.90 Å². The van der Waals surface area contributed by atoms with Gasteiger partial charge in [-0.05, 0) is 56.2 Å². The average molecular weight is 355 g/mol. The monoisotopic (exact) mass is 355 g/mol. The van der Waals surface area contributed by atoms with Gasteiger partial charge in [0.1, 0.15) is 0 Å². The second-order valence-corrected chi connectivity index (χ2v) is 7.43. The third-order valence-electron chi connectivity index (χ3n) is 5.86. The van der Waals surface area contributed by atoms with Crippen molar-refractivity contribution in [2.75, 3.05) is 4.90 Å². The van der Waals surface area contributed by atoms with E-state index in [1.165, 1.54) is 0 Å². The molecule has 2 aromatic carbocycles. The summed E-state index contributed by atoms with van der Waals surface area (Å²) >= 11 is 0. The molecule has 27 heavy (non-hydrogen) atoms. The second-order valence-electron chi connectivity index (χ2n) is 7.43. The lowest BCUT2D eigenvalue weighted by molar-refractivity contribution is -0.121. The van der Waals surface area contributed by atoms with E-state index in [0.717, 1.165) is 29.4 Å². The van der Waals surface area contributed by atoms with Gasteiger partial charge in [-0.2, -0.15) is 5.26 Å². The fourth-order valence-corrected chi connectivity index (χ4v) is 4.60. The van der Waals surface area contributed by atoms with Gasteiger partial charge in [0.05, 0.1) is 39.6 Å². The number of para-hydroxylation sites is 1. The molecule has 0 N–H and O–H groups in total. The molecule has 5 heteroatoms. The first-order valence-corrected chi connectivity index (χ1v) is 9.07. The first-order valence-electron chi connectivity index (χ1n) is 9.07. The maximum absolute atomic E-state index is 13.5. The van der Waals surface area contributed by atoms with Crippen LogP contribution in [0.3, 0.4) is 0 Å². The lowest BCUT2D eigenvalue weighted by Crippen LogP contribution is -2.51. The van der Waals surface area contributed by atoms with Crippen LogP contribution in [0.15, 0.2) is 48.5 Å². The molecule has 5 rings (SSSR count). The van der Waals surface area contributed by atoms with E-state index in [-0.39, 0.29) is 11.8 Å². The third kappa shape index (κ3) is 1.98. The zero-order valence-electron chi connectivity index (χ0n) is 14.9. The molecule has 1 atom stereocenters. The number of benzene rings is 2. The number of nitrogens with zero attached hydrogens (tertiary/aromatic N) is 3. The van der Waals surface area contributed by atoms with Gasteiger partial charge in [0.15, 0.2) is 0 Å². The number of rotatable bonds is 0. The number of amides is 1. The smallest absolute Gasteiger partial charge is 0.264 e. The van der Waals surface area contributed by atoms with E-state index in [0.29, 0.717) is 23.2 Å². The van der Waals surface area contributed by atoms with Crippen LogP contribution in [0.1, 0.15) is 47.8 Å². The average Bonchev–Trinajstić information content (AvgIpc) is 3.03. The van der Waals surface area contributed by atoms with Crippen molar-refractivity contribution in [2.45, 2.75) is 31.7 Å². The van der Waals surface area contributed by atoms with Crippen molar-refractivity contribution in [1.82, 2.24) is 4.57 Å². The van der Waals surface area contributed by atoms with Crippen LogP contribution in [0.2, 0.25) is 0 Å². The highest BCUT2D eigenvalue weighted by atomic mass is 16.2. The van der Waals surface area contributed by atoms with E-state index >= 15 is 0 Å². The number of carbonyl (C=O) groups excluding carboxylic acids is 2. The molecule has 0 spiro atoms. The lowest BCUT2D eigenvalue weighted by atomic mass is 9.84. The van der Waals surface area contributed by atoms with Crippen LogP contribution in [0.4, 0.5) is 5.69 Å². The second kappa shape index (κ2) is 5.31. The fraction of sp³-hybridized carbons (Fsp3) is 0.227. The quantitative estimate of drug-likeness (QED) is 0.613. The van der Waals surface area contributed by atoms with Gasteiger partial charge in [-0.25, -0.2) is 0 Å². The number of hydrogen-bond donors (Lipinski definition) is 0. The Morgan fingerprint density at radius 3 is 2.74 bits per heavy atom. The predicted octanol–water partition coefficient (Wildman–Crippen LogP) is 3.95. The highest BCUT2D eigenvalue weighted by Crippen LogP contribution is 2.46. The van der Waals surface area contributed by atoms with E-state index in [2.05, 4.69) is 6.07 Å². The Kier molecular flexibility index (Phi) is 3.11. The summed E-state index contributed by atoms with van der Waals surface area (Å²) in [5, 5.41) is 10.1. The van der Waals surface area contributed by atoms with Gasteiger partial charge in [0.25, 0.3) is 5.91 Å². The Bertz CT molecular complexity index is 1180. The molecular weight excluding hydrogens is 338 g/mol. The van der Waals surface area contributed by atoms with Crippen LogP contribution in [0.25, 0.3) is 10.9 Å². The summed E-state index contributed by atoms with van der Waals surface area (Å²) in [5.74, 6) is -0.0934. The Hall–Kier alpha value is -3.39. The molecule has 2 aliphatic rings. The molecule has 1 saturated heterocycles. The number of hydrogen-bond acceptors (Lipinski definition) is 3. The minimum absolute atomic E-state index is 0.0421. The zero-order chi connectivity index (χ0) is 18.8. The third-order valence-corrected chi connectivity index (χ3v) is 5.86. The molecule has 3 aromatic rings. The first kappa shape index (κ1) is 15.8. The SMILES string of the molecule is CC12CCCC(=O)N1c1ccccc1C(=O)n1c2cc2cc(C#N)ccc21. The number of aromatic nitrogens is 1. The van der Waals surface area contributed by atoms with E-state index in [4.69, 9.17) is 0 Å². The molecule has 132 valence electrons. The number of anilines is 1. The van der Waals surface area contributed by atoms with Crippen molar-refractivity contribution in [3.05, 3.63) is 65.4 Å². The summed E-state index contributed by atoms with van der Waals surface area (Å²) in [7, 11) is 0. The molecule has 2 aliphatic heterocycles. The summed E-state index contributed by atoms with van der Waals surface area (Å²) in [5.41, 5.74) is 2.73. The van der Waals surface area contributed by atoms with Crippen LogP contribution < -0.4 is 4.90 Å². The summed E-state index contributed by atoms with van der Waals surface area (Å²) in [4.78, 5) is 28.3. The number of piperidine rings is 1. The summed E-state index contributed by atoms with van der Waals surface area (Å²) < 4.78 is 1.73. The maximum Gasteiger partial charge on any atom is 0.264 e. The largest absolute Gasteiger partial charge is 0.300 e. The molecule has 1 fully saturated rings. The maximum atomic E-state index is 13.5. The number of carbonyl (C=O) groups is 2. The Balaban J connectivity index is 1.91. The molecule has 1 aromatic heterocycles. The molecule has 0 aliphatic carbocycles. The van der Waals surface area contributed by atoms with Gasteiger partial charge >= 0.3 is 0 Å². The topological polar surface area (TPSA) is 66.1 Å². The molecule has 0 saturated carbocycles. The van der Waals surface area contributed by atoms with Gasteiger partial charge in [0, 0.05) is 11.8 Å². The fourth-order valence-electron chi connectivity index (χ4n) is 4.60. The normalized spacial score (nSPS) is 21.3. The molecule has 1 unspecified atom stereocenters. The van der Waals surface area contributed by atoms with E-state index < -0.39 is 5.54 Å². The molecular formula is C22H17N3O2. The van der Waals surface area contributed by atoms with Crippen LogP contribution in [-0.4, -0.2) is 16.4 Å². The first-order chi connectivity index (χ1) is 13.0. The van der Waals surface area contributed by atoms with Crippen molar-refractivity contribution < 1.29 is 9.59 Å². The number of nitriles is 1. The van der Waals surface area contributed by atoms with Crippen molar-refractivity contribution in [3.8, 4) is 6.07 Å². The standard InChI is InChI=1S/C22H17N3O2/c1-22-10-4-7-20(26)25(22)18-6-3-2-5-16(18)21(27)24-17-9-8-14(13-23)11-15(17)12-19(22)24/h2-3,5-6,8-9,11-12H,4,7,10H2,1H3. The zero-order valence-corrected chi connectivity index (χ0v) is 14.9. The van der Waals surface area contributed by atoms with Crippen molar-refractivity contribution >= 4 is 28.4 Å². The summed E-state index contributed by atoms with van der Waals surface area (Å²) in [6.45, 7) is 2.04. The molecule has 0 bridgehead atoms. The van der Waals surface area contributed by atoms with E-state index in [1.807, 2.05) is 42.2 Å². The Labute approximate surface area is 156 Å². The minimum Gasteiger partial charge on any atom is -0.300 e. The predicted molar refractivity (Wildman–Crippen MR) is 102 cm³/mol. The molecule has 0 radical (unpaired) electrons. The van der Waals surface area contributed by atoms with Crippen molar-refractivity contribution in [1.29, 1.82) is 5.26 Å². The van der Waals surface area contributed by atoms with E-state index in [9.17, 15) is 14.9 Å². The van der Waals surface area contributed by atoms with Crippen LogP contribution in [0.5, 0.6) is 0 Å². The summed E-state index contributed by atoms with van der Waals surface area (Å²) in [6.07, 6.45) is 2.05. The Morgan fingerprint density at radius 2 is 1.93 bits per heavy atom. The van der Waals surface area contributed by atoms with Crippen LogP contribution in [0, 0.1) is 11.3 Å². The van der Waals surface area contributed by atoms with Gasteiger partial charge in [-0.15, -0.1) is 0 Å². The Morgan fingerprint density at radius 1 is 1.11 bits per heavy atom. The molecule has 1 amide bonds. The van der Waals surface area contributed by atoms with Crippen LogP contribution in [-0.2, 0) is 10.3 Å². The van der Waals surface area contributed by atoms with E-state index in [1.54, 1.807) is 22.8 Å². The number of fused-ring (bicyclic) bond motifs is 7.